The van der Waals surface area contributed by atoms with Gasteiger partial charge >= 0.3 is 0 Å². The van der Waals surface area contributed by atoms with Gasteiger partial charge in [-0.05, 0) is 36.6 Å². The number of rotatable bonds is 8. The minimum absolute atomic E-state index is 0.416. The topological polar surface area (TPSA) is 96.7 Å². The van der Waals surface area contributed by atoms with Crippen molar-refractivity contribution in [2.75, 3.05) is 37.6 Å². The van der Waals surface area contributed by atoms with Crippen LogP contribution < -0.4 is 14.4 Å². The van der Waals surface area contributed by atoms with Gasteiger partial charge in [0.2, 0.25) is 5.88 Å². The predicted octanol–water partition coefficient (Wildman–Crippen LogP) is 4.15. The monoisotopic (exact) mass is 544 g/mol. The molecule has 2 atom stereocenters. The van der Waals surface area contributed by atoms with Gasteiger partial charge in [0.05, 0.1) is 36.3 Å². The van der Waals surface area contributed by atoms with E-state index in [2.05, 4.69) is 48.3 Å². The van der Waals surface area contributed by atoms with Gasteiger partial charge in [-0.3, -0.25) is 10.00 Å². The smallest absolute Gasteiger partial charge is 0.212 e. The number of fused-ring (bicyclic) bond motifs is 6. The van der Waals surface area contributed by atoms with E-state index >= 15 is 0 Å². The molecule has 0 spiro atoms. The molecule has 200 valence electrons. The van der Waals surface area contributed by atoms with Crippen molar-refractivity contribution in [1.29, 1.82) is 0 Å². The van der Waals surface area contributed by atoms with Gasteiger partial charge in [-0.15, -0.1) is 16.7 Å². The summed E-state index contributed by atoms with van der Waals surface area (Å²) in [5.41, 5.74) is 4.90. The largest absolute Gasteiger partial charge is 0.491 e. The number of nitrogens with zero attached hydrogens (tertiary/aromatic N) is 7. The Hall–Kier alpha value is -3.89. The summed E-state index contributed by atoms with van der Waals surface area (Å²) in [5.74, 6) is 2.78. The van der Waals surface area contributed by atoms with Crippen LogP contribution in [0.2, 0.25) is 0 Å². The fraction of sp³-hybridized carbons (Fsp3) is 0.357. The number of aromatic amines is 1. The van der Waals surface area contributed by atoms with Crippen molar-refractivity contribution in [2.45, 2.75) is 31.5 Å². The third kappa shape index (κ3) is 4.43. The van der Waals surface area contributed by atoms with Crippen molar-refractivity contribution in [2.24, 2.45) is 0 Å². The number of nitrogens with one attached hydrogen (secondary N) is 1. The highest BCUT2D eigenvalue weighted by molar-refractivity contribution is 6.18. The Balaban J connectivity index is 1.12. The van der Waals surface area contributed by atoms with Crippen molar-refractivity contribution in [3.8, 4) is 22.8 Å². The highest BCUT2D eigenvalue weighted by atomic mass is 35.5. The zero-order valence-electron chi connectivity index (χ0n) is 21.6. The second kappa shape index (κ2) is 10.0. The Labute approximate surface area is 230 Å². The second-order valence-electron chi connectivity index (χ2n) is 10.1. The van der Waals surface area contributed by atoms with Gasteiger partial charge in [0.15, 0.2) is 5.65 Å². The summed E-state index contributed by atoms with van der Waals surface area (Å²) in [7, 11) is 1.65. The zero-order chi connectivity index (χ0) is 26.3. The van der Waals surface area contributed by atoms with Gasteiger partial charge in [-0.25, -0.2) is 14.5 Å². The average Bonchev–Trinajstić information content (AvgIpc) is 3.42. The molecule has 2 bridgehead atoms. The molecule has 0 aromatic carbocycles. The summed E-state index contributed by atoms with van der Waals surface area (Å²) in [4.78, 5) is 14.3. The van der Waals surface area contributed by atoms with E-state index in [1.54, 1.807) is 13.3 Å². The number of H-pyrrole nitrogens is 1. The summed E-state index contributed by atoms with van der Waals surface area (Å²) < 4.78 is 12.9. The van der Waals surface area contributed by atoms with E-state index in [-0.39, 0.29) is 0 Å². The predicted molar refractivity (Wildman–Crippen MR) is 150 cm³/mol. The molecule has 8 rings (SSSR count). The Kier molecular flexibility index (Phi) is 6.21. The lowest BCUT2D eigenvalue weighted by molar-refractivity contribution is 0.0198. The van der Waals surface area contributed by atoms with Gasteiger partial charge in [-0.2, -0.15) is 5.10 Å². The fourth-order valence-corrected chi connectivity index (χ4v) is 5.97. The molecule has 2 unspecified atom stereocenters. The van der Waals surface area contributed by atoms with Crippen LogP contribution in [0, 0.1) is 0 Å². The minimum Gasteiger partial charge on any atom is -0.491 e. The lowest BCUT2D eigenvalue weighted by atomic mass is 9.91. The Morgan fingerprint density at radius 3 is 2.85 bits per heavy atom. The molecule has 11 heteroatoms. The lowest BCUT2D eigenvalue weighted by Gasteiger charge is -2.47. The number of hydrogen-bond donors (Lipinski definition) is 1. The van der Waals surface area contributed by atoms with Crippen LogP contribution in [0.15, 0.2) is 55.1 Å². The first kappa shape index (κ1) is 24.2. The van der Waals surface area contributed by atoms with E-state index in [0.717, 1.165) is 59.5 Å². The van der Waals surface area contributed by atoms with E-state index in [0.29, 0.717) is 36.2 Å². The molecule has 3 saturated heterocycles. The Bertz CT molecular complexity index is 1600. The van der Waals surface area contributed by atoms with E-state index < -0.39 is 0 Å². The molecule has 0 amide bonds. The van der Waals surface area contributed by atoms with E-state index in [4.69, 9.17) is 26.1 Å². The zero-order valence-corrected chi connectivity index (χ0v) is 22.4. The van der Waals surface area contributed by atoms with E-state index in [1.807, 2.05) is 35.2 Å². The molecule has 5 aromatic rings. The standard InChI is InChI=1S/C28H29ClN8O2/c1-38-26-5-2-18(12-31-26)15-36-20-6-8-35(16-21(36)10-20)25-4-3-19(13-30-25)23-11-22(39-9-7-29)17-37-27(23)24-14-32-33-28(24)34-37/h2-5,11-14,17,20-21H,6-10,15-16H2,1H3,(H,33,34). The highest BCUT2D eigenvalue weighted by Crippen LogP contribution is 2.36. The van der Waals surface area contributed by atoms with Crippen LogP contribution in [0.25, 0.3) is 27.7 Å². The summed E-state index contributed by atoms with van der Waals surface area (Å²) >= 11 is 5.86. The molecule has 0 aliphatic carbocycles. The van der Waals surface area contributed by atoms with Crippen LogP contribution in [-0.4, -0.2) is 79.4 Å². The Morgan fingerprint density at radius 2 is 2.05 bits per heavy atom. The van der Waals surface area contributed by atoms with Crippen molar-refractivity contribution in [3.05, 3.63) is 60.7 Å². The van der Waals surface area contributed by atoms with Gasteiger partial charge in [0.1, 0.15) is 18.2 Å². The molecule has 3 fully saturated rings. The average molecular weight is 545 g/mol. The number of alkyl halides is 1. The SMILES string of the molecule is COc1ccc(CN2C3CCN(c4ccc(-c5cc(OCCCl)cn6nc7[nH]ncc7c56)cn4)CC2C3)cn1. The molecule has 5 aromatic heterocycles. The maximum absolute atomic E-state index is 5.86. The van der Waals surface area contributed by atoms with Crippen LogP contribution in [-0.2, 0) is 6.54 Å². The quantitative estimate of drug-likeness (QED) is 0.291. The van der Waals surface area contributed by atoms with Gasteiger partial charge in [0.25, 0.3) is 0 Å². The van der Waals surface area contributed by atoms with E-state index in [9.17, 15) is 0 Å². The fourth-order valence-electron chi connectivity index (χ4n) is 5.89. The molecule has 10 nitrogen and oxygen atoms in total. The first-order valence-electron chi connectivity index (χ1n) is 13.2. The number of halogens is 1. The third-order valence-corrected chi connectivity index (χ3v) is 8.00. The van der Waals surface area contributed by atoms with Crippen LogP contribution in [0.1, 0.15) is 18.4 Å². The maximum Gasteiger partial charge on any atom is 0.212 e. The van der Waals surface area contributed by atoms with E-state index in [1.165, 1.54) is 12.0 Å². The summed E-state index contributed by atoms with van der Waals surface area (Å²) in [6.45, 7) is 3.30. The van der Waals surface area contributed by atoms with Crippen molar-refractivity contribution >= 4 is 34.0 Å². The third-order valence-electron chi connectivity index (χ3n) is 7.85. The van der Waals surface area contributed by atoms with Gasteiger partial charge in [-0.1, -0.05) is 6.07 Å². The molecule has 8 heterocycles. The van der Waals surface area contributed by atoms with Crippen LogP contribution in [0.3, 0.4) is 0 Å². The number of methoxy groups -OCH3 is 1. The number of pyridine rings is 3. The normalized spacial score (nSPS) is 19.3. The van der Waals surface area contributed by atoms with Crippen molar-refractivity contribution in [3.63, 3.8) is 0 Å². The number of hydrogen-bond acceptors (Lipinski definition) is 8. The molecule has 3 aliphatic heterocycles. The molecular formula is C28H29ClN8O2. The number of anilines is 1. The number of aromatic nitrogens is 6. The summed E-state index contributed by atoms with van der Waals surface area (Å²) in [6.07, 6.45) is 9.90. The molecule has 0 radical (unpaired) electrons. The maximum atomic E-state index is 5.86. The number of ether oxygens (including phenoxy) is 2. The van der Waals surface area contributed by atoms with Crippen molar-refractivity contribution in [1.82, 2.24) is 34.7 Å². The van der Waals surface area contributed by atoms with Crippen LogP contribution >= 0.6 is 11.6 Å². The molecule has 3 aliphatic rings. The van der Waals surface area contributed by atoms with Crippen molar-refractivity contribution < 1.29 is 9.47 Å². The summed E-state index contributed by atoms with van der Waals surface area (Å²) in [5, 5.41) is 12.7. The van der Waals surface area contributed by atoms with Gasteiger partial charge in [0, 0.05) is 61.3 Å². The van der Waals surface area contributed by atoms with Gasteiger partial charge < -0.3 is 14.4 Å². The second-order valence-corrected chi connectivity index (χ2v) is 10.5. The van der Waals surface area contributed by atoms with Crippen LogP contribution in [0.5, 0.6) is 11.6 Å². The molecule has 1 N–H and O–H groups in total. The highest BCUT2D eigenvalue weighted by Gasteiger charge is 2.41. The first-order valence-corrected chi connectivity index (χ1v) is 13.7. The molecule has 39 heavy (non-hydrogen) atoms. The molecule has 0 saturated carbocycles. The summed E-state index contributed by atoms with van der Waals surface area (Å²) in [6, 6.07) is 11.4. The van der Waals surface area contributed by atoms with Crippen LogP contribution in [0.4, 0.5) is 5.82 Å². The first-order chi connectivity index (χ1) is 19.2. The lowest BCUT2D eigenvalue weighted by Crippen LogP contribution is -2.56. The minimum atomic E-state index is 0.416. The molecular weight excluding hydrogens is 516 g/mol. The Morgan fingerprint density at radius 1 is 1.10 bits per heavy atom.